The van der Waals surface area contributed by atoms with Crippen LogP contribution >= 0.6 is 31.9 Å². The van der Waals surface area contributed by atoms with Crippen LogP contribution in [0.25, 0.3) is 11.6 Å². The maximum absolute atomic E-state index is 10.8. The molecule has 0 saturated heterocycles. The molecule has 0 amide bonds. The van der Waals surface area contributed by atoms with Gasteiger partial charge in [0.05, 0.1) is 21.7 Å². The van der Waals surface area contributed by atoms with E-state index in [4.69, 9.17) is 9.52 Å². The third-order valence-corrected chi connectivity index (χ3v) is 4.22. The zero-order chi connectivity index (χ0) is 14.7. The molecule has 100 valence electrons. The summed E-state index contributed by atoms with van der Waals surface area (Å²) in [7, 11) is 0. The smallest absolute Gasteiger partial charge is 0.335 e. The number of carboxylic acids is 1. The Kier molecular flexibility index (Phi) is 4.42. The molecular weight excluding hydrogens is 390 g/mol. The first kappa shape index (κ1) is 14.6. The van der Waals surface area contributed by atoms with Gasteiger partial charge in [-0.3, -0.25) is 0 Å². The topological polar surface area (TPSA) is 74.2 Å². The molecule has 0 aliphatic carbocycles. The molecule has 0 fully saturated rings. The van der Waals surface area contributed by atoms with Gasteiger partial charge in [-0.05, 0) is 61.7 Å². The molecule has 1 N–H and O–H groups in total. The molecular formula is C14H7Br2NO3. The number of carbonyl (C=O) groups is 1. The SMILES string of the molecule is N#C/C(=C/c1cc(Br)c(Br)o1)c1ccc(C(=O)O)cc1. The Balaban J connectivity index is 2.37. The molecule has 1 aromatic heterocycles. The van der Waals surface area contributed by atoms with E-state index in [1.165, 1.54) is 12.1 Å². The maximum Gasteiger partial charge on any atom is 0.335 e. The zero-order valence-electron chi connectivity index (χ0n) is 9.93. The number of rotatable bonds is 3. The zero-order valence-corrected chi connectivity index (χ0v) is 13.1. The van der Waals surface area contributed by atoms with Crippen molar-refractivity contribution in [2.45, 2.75) is 0 Å². The predicted octanol–water partition coefficient (Wildman–Crippen LogP) is 4.57. The molecule has 1 aromatic carbocycles. The Morgan fingerprint density at radius 1 is 1.25 bits per heavy atom. The lowest BCUT2D eigenvalue weighted by Crippen LogP contribution is -1.95. The van der Waals surface area contributed by atoms with Gasteiger partial charge in [0.25, 0.3) is 0 Å². The number of carboxylic acid groups (broad SMARTS) is 1. The average molecular weight is 397 g/mol. The lowest BCUT2D eigenvalue weighted by atomic mass is 10.0. The number of hydrogen-bond donors (Lipinski definition) is 1. The van der Waals surface area contributed by atoms with Crippen molar-refractivity contribution in [2.75, 3.05) is 0 Å². The summed E-state index contributed by atoms with van der Waals surface area (Å²) in [5, 5.41) is 18.0. The number of allylic oxidation sites excluding steroid dienone is 1. The molecule has 0 aliphatic rings. The minimum Gasteiger partial charge on any atom is -0.478 e. The Labute approximate surface area is 131 Å². The molecule has 4 nitrogen and oxygen atoms in total. The first-order valence-electron chi connectivity index (χ1n) is 5.41. The molecule has 0 spiro atoms. The molecule has 0 atom stereocenters. The average Bonchev–Trinajstić information content (AvgIpc) is 2.75. The van der Waals surface area contributed by atoms with E-state index in [0.717, 1.165) is 4.47 Å². The van der Waals surface area contributed by atoms with Crippen molar-refractivity contribution in [1.29, 1.82) is 5.26 Å². The molecule has 2 rings (SSSR count). The van der Waals surface area contributed by atoms with Crippen LogP contribution in [-0.4, -0.2) is 11.1 Å². The fraction of sp³-hybridized carbons (Fsp3) is 0. The molecule has 6 heteroatoms. The first-order chi connectivity index (χ1) is 9.51. The normalized spacial score (nSPS) is 11.2. The van der Waals surface area contributed by atoms with Gasteiger partial charge in [0, 0.05) is 0 Å². The van der Waals surface area contributed by atoms with Crippen molar-refractivity contribution in [1.82, 2.24) is 0 Å². The number of nitrogens with zero attached hydrogens (tertiary/aromatic N) is 1. The Bertz CT molecular complexity index is 704. The standard InChI is InChI=1S/C14H7Br2NO3/c15-12-6-11(20-13(12)16)5-10(7-17)8-1-3-9(4-2-8)14(18)19/h1-6H,(H,18,19)/b10-5-. The summed E-state index contributed by atoms with van der Waals surface area (Å²) in [5.41, 5.74) is 1.19. The van der Waals surface area contributed by atoms with Crippen LogP contribution in [-0.2, 0) is 0 Å². The Morgan fingerprint density at radius 2 is 1.85 bits per heavy atom. The molecule has 0 unspecified atom stereocenters. The fourth-order valence-electron chi connectivity index (χ4n) is 1.55. The summed E-state index contributed by atoms with van der Waals surface area (Å²) in [4.78, 5) is 10.8. The van der Waals surface area contributed by atoms with E-state index in [0.29, 0.717) is 21.6 Å². The van der Waals surface area contributed by atoms with Crippen molar-refractivity contribution in [2.24, 2.45) is 0 Å². The lowest BCUT2D eigenvalue weighted by Gasteiger charge is -1.99. The van der Waals surface area contributed by atoms with Gasteiger partial charge >= 0.3 is 5.97 Å². The van der Waals surface area contributed by atoms with E-state index < -0.39 is 5.97 Å². The Hall–Kier alpha value is -1.84. The highest BCUT2D eigenvalue weighted by atomic mass is 79.9. The minimum atomic E-state index is -1.00. The molecule has 0 saturated carbocycles. The van der Waals surface area contributed by atoms with Crippen molar-refractivity contribution in [3.05, 3.63) is 56.4 Å². The van der Waals surface area contributed by atoms with Crippen LogP contribution in [0.3, 0.4) is 0 Å². The van der Waals surface area contributed by atoms with E-state index >= 15 is 0 Å². The second-order valence-electron chi connectivity index (χ2n) is 3.82. The van der Waals surface area contributed by atoms with Crippen molar-refractivity contribution >= 4 is 49.5 Å². The van der Waals surface area contributed by atoms with Crippen LogP contribution in [0.2, 0.25) is 0 Å². The summed E-state index contributed by atoms with van der Waals surface area (Å²) < 4.78 is 6.67. The van der Waals surface area contributed by atoms with Gasteiger partial charge in [-0.25, -0.2) is 4.79 Å². The predicted molar refractivity (Wildman–Crippen MR) is 81.0 cm³/mol. The summed E-state index contributed by atoms with van der Waals surface area (Å²) in [6, 6.07) is 9.88. The van der Waals surface area contributed by atoms with Crippen LogP contribution in [0.1, 0.15) is 21.7 Å². The van der Waals surface area contributed by atoms with Gasteiger partial charge in [-0.1, -0.05) is 12.1 Å². The van der Waals surface area contributed by atoms with Crippen LogP contribution in [0.4, 0.5) is 0 Å². The highest BCUT2D eigenvalue weighted by Crippen LogP contribution is 2.29. The number of furan rings is 1. The van der Waals surface area contributed by atoms with Gasteiger partial charge in [-0.2, -0.15) is 5.26 Å². The first-order valence-corrected chi connectivity index (χ1v) is 7.00. The number of aromatic carboxylic acids is 1. The molecule has 2 aromatic rings. The highest BCUT2D eigenvalue weighted by molar-refractivity contribution is 9.13. The van der Waals surface area contributed by atoms with Gasteiger partial charge in [0.15, 0.2) is 4.67 Å². The van der Waals surface area contributed by atoms with Crippen molar-refractivity contribution in [3.63, 3.8) is 0 Å². The molecule has 0 bridgehead atoms. The number of halogens is 2. The largest absolute Gasteiger partial charge is 0.478 e. The third kappa shape index (κ3) is 3.18. The van der Waals surface area contributed by atoms with Crippen LogP contribution in [0, 0.1) is 11.3 Å². The van der Waals surface area contributed by atoms with E-state index in [-0.39, 0.29) is 5.56 Å². The van der Waals surface area contributed by atoms with E-state index in [2.05, 4.69) is 37.9 Å². The van der Waals surface area contributed by atoms with Gasteiger partial charge in [0.1, 0.15) is 5.76 Å². The summed E-state index contributed by atoms with van der Waals surface area (Å²) in [6.07, 6.45) is 1.59. The lowest BCUT2D eigenvalue weighted by molar-refractivity contribution is 0.0697. The van der Waals surface area contributed by atoms with Gasteiger partial charge in [0.2, 0.25) is 0 Å². The van der Waals surface area contributed by atoms with Crippen LogP contribution in [0.5, 0.6) is 0 Å². The van der Waals surface area contributed by atoms with E-state index in [1.54, 1.807) is 24.3 Å². The molecule has 0 radical (unpaired) electrons. The second-order valence-corrected chi connectivity index (χ2v) is 5.40. The second kappa shape index (κ2) is 6.07. The molecule has 20 heavy (non-hydrogen) atoms. The van der Waals surface area contributed by atoms with Gasteiger partial charge < -0.3 is 9.52 Å². The molecule has 1 heterocycles. The summed E-state index contributed by atoms with van der Waals surface area (Å²) >= 11 is 6.51. The van der Waals surface area contributed by atoms with E-state index in [9.17, 15) is 10.1 Å². The van der Waals surface area contributed by atoms with Crippen molar-refractivity contribution in [3.8, 4) is 6.07 Å². The third-order valence-electron chi connectivity index (χ3n) is 2.51. The minimum absolute atomic E-state index is 0.175. The monoisotopic (exact) mass is 395 g/mol. The van der Waals surface area contributed by atoms with E-state index in [1.807, 2.05) is 0 Å². The van der Waals surface area contributed by atoms with Crippen molar-refractivity contribution < 1.29 is 14.3 Å². The Morgan fingerprint density at radius 3 is 2.30 bits per heavy atom. The summed E-state index contributed by atoms with van der Waals surface area (Å²) in [6.45, 7) is 0. The molecule has 0 aliphatic heterocycles. The van der Waals surface area contributed by atoms with Crippen LogP contribution in [0.15, 0.2) is 43.9 Å². The van der Waals surface area contributed by atoms with Crippen LogP contribution < -0.4 is 0 Å². The number of benzene rings is 1. The fourth-order valence-corrected chi connectivity index (χ4v) is 2.16. The summed E-state index contributed by atoms with van der Waals surface area (Å²) in [5.74, 6) is -0.486. The quantitative estimate of drug-likeness (QED) is 0.771. The van der Waals surface area contributed by atoms with Gasteiger partial charge in [-0.15, -0.1) is 0 Å². The number of hydrogen-bond acceptors (Lipinski definition) is 3. The maximum atomic E-state index is 10.8. The highest BCUT2D eigenvalue weighted by Gasteiger charge is 2.08. The number of nitriles is 1.